The number of rotatable bonds is 8. The van der Waals surface area contributed by atoms with Crippen LogP contribution < -0.4 is 5.32 Å². The summed E-state index contributed by atoms with van der Waals surface area (Å²) in [6.45, 7) is 13.2. The third-order valence-corrected chi connectivity index (χ3v) is 3.59. The average Bonchev–Trinajstić information content (AvgIpc) is 2.34. The first kappa shape index (κ1) is 14.9. The van der Waals surface area contributed by atoms with Gasteiger partial charge in [-0.15, -0.1) is 0 Å². The molecular weight excluding hydrogens is 212 g/mol. The average molecular weight is 242 g/mol. The van der Waals surface area contributed by atoms with Crippen LogP contribution in [0.15, 0.2) is 0 Å². The molecule has 1 rings (SSSR count). The molecule has 17 heavy (non-hydrogen) atoms. The van der Waals surface area contributed by atoms with Gasteiger partial charge in [-0.3, -0.25) is 0 Å². The van der Waals surface area contributed by atoms with E-state index in [0.717, 1.165) is 25.7 Å². The van der Waals surface area contributed by atoms with Crippen LogP contribution >= 0.6 is 0 Å². The first-order chi connectivity index (χ1) is 8.22. The van der Waals surface area contributed by atoms with E-state index in [2.05, 4.69) is 24.1 Å². The van der Waals surface area contributed by atoms with E-state index < -0.39 is 0 Å². The molecule has 0 radical (unpaired) electrons. The summed E-state index contributed by atoms with van der Waals surface area (Å²) in [5.74, 6) is 0.940. The first-order valence-corrected chi connectivity index (χ1v) is 7.25. The minimum atomic E-state index is 0.483. The summed E-state index contributed by atoms with van der Waals surface area (Å²) in [5, 5.41) is 3.51. The highest BCUT2D eigenvalue weighted by atomic mass is 16.5. The Morgan fingerprint density at radius 3 is 2.71 bits per heavy atom. The summed E-state index contributed by atoms with van der Waals surface area (Å²) < 4.78 is 5.38. The SMILES string of the molecule is CCOCC(C)NCCCN1CCC(C)CC1. The Bertz CT molecular complexity index is 179. The zero-order valence-corrected chi connectivity index (χ0v) is 11.9. The van der Waals surface area contributed by atoms with Crippen molar-refractivity contribution in [3.05, 3.63) is 0 Å². The zero-order chi connectivity index (χ0) is 12.5. The molecule has 0 spiro atoms. The molecule has 0 saturated carbocycles. The highest BCUT2D eigenvalue weighted by Crippen LogP contribution is 2.15. The summed E-state index contributed by atoms with van der Waals surface area (Å²) >= 11 is 0. The normalized spacial score (nSPS) is 20.6. The lowest BCUT2D eigenvalue weighted by Gasteiger charge is -2.30. The largest absolute Gasteiger partial charge is 0.380 e. The molecule has 0 amide bonds. The van der Waals surface area contributed by atoms with Crippen LogP contribution in [0, 0.1) is 5.92 Å². The fourth-order valence-corrected chi connectivity index (χ4v) is 2.29. The maximum atomic E-state index is 5.38. The van der Waals surface area contributed by atoms with Crippen LogP contribution in [0.25, 0.3) is 0 Å². The number of nitrogens with zero attached hydrogens (tertiary/aromatic N) is 1. The van der Waals surface area contributed by atoms with Gasteiger partial charge < -0.3 is 15.0 Å². The van der Waals surface area contributed by atoms with Crippen LogP contribution in [0.5, 0.6) is 0 Å². The molecule has 1 heterocycles. The molecule has 1 fully saturated rings. The molecule has 1 saturated heterocycles. The molecule has 1 aliphatic rings. The predicted molar refractivity (Wildman–Crippen MR) is 73.4 cm³/mol. The quantitative estimate of drug-likeness (QED) is 0.660. The second-order valence-corrected chi connectivity index (χ2v) is 5.39. The fraction of sp³-hybridized carbons (Fsp3) is 1.00. The van der Waals surface area contributed by atoms with Crippen molar-refractivity contribution in [2.24, 2.45) is 5.92 Å². The van der Waals surface area contributed by atoms with Gasteiger partial charge in [-0.2, -0.15) is 0 Å². The molecule has 0 bridgehead atoms. The zero-order valence-electron chi connectivity index (χ0n) is 11.9. The Balaban J connectivity index is 1.93. The molecule has 1 N–H and O–H groups in total. The summed E-state index contributed by atoms with van der Waals surface area (Å²) in [7, 11) is 0. The third kappa shape index (κ3) is 7.02. The van der Waals surface area contributed by atoms with Crippen LogP contribution in [-0.2, 0) is 4.74 Å². The van der Waals surface area contributed by atoms with Crippen molar-refractivity contribution in [2.45, 2.75) is 46.1 Å². The highest BCUT2D eigenvalue weighted by molar-refractivity contribution is 4.70. The molecule has 1 unspecified atom stereocenters. The van der Waals surface area contributed by atoms with Gasteiger partial charge in [0.05, 0.1) is 6.61 Å². The van der Waals surface area contributed by atoms with Gasteiger partial charge in [0, 0.05) is 12.6 Å². The number of piperidine rings is 1. The van der Waals surface area contributed by atoms with E-state index in [0.29, 0.717) is 6.04 Å². The summed E-state index contributed by atoms with van der Waals surface area (Å²) in [4.78, 5) is 2.61. The highest BCUT2D eigenvalue weighted by Gasteiger charge is 2.14. The molecule has 0 aliphatic carbocycles. The number of likely N-dealkylation sites (tertiary alicyclic amines) is 1. The van der Waals surface area contributed by atoms with E-state index in [1.165, 1.54) is 38.9 Å². The monoisotopic (exact) mass is 242 g/mol. The molecule has 3 nitrogen and oxygen atoms in total. The topological polar surface area (TPSA) is 24.5 Å². The van der Waals surface area contributed by atoms with Gasteiger partial charge in [0.25, 0.3) is 0 Å². The van der Waals surface area contributed by atoms with Gasteiger partial charge in [-0.05, 0) is 65.2 Å². The van der Waals surface area contributed by atoms with Gasteiger partial charge in [0.2, 0.25) is 0 Å². The van der Waals surface area contributed by atoms with E-state index >= 15 is 0 Å². The van der Waals surface area contributed by atoms with E-state index in [1.807, 2.05) is 6.92 Å². The van der Waals surface area contributed by atoms with Crippen molar-refractivity contribution in [3.63, 3.8) is 0 Å². The maximum absolute atomic E-state index is 5.38. The van der Waals surface area contributed by atoms with Gasteiger partial charge in [0.15, 0.2) is 0 Å². The van der Waals surface area contributed by atoms with Crippen molar-refractivity contribution in [1.82, 2.24) is 10.2 Å². The van der Waals surface area contributed by atoms with Gasteiger partial charge in [-0.25, -0.2) is 0 Å². The van der Waals surface area contributed by atoms with Crippen molar-refractivity contribution < 1.29 is 4.74 Å². The van der Waals surface area contributed by atoms with Crippen LogP contribution in [0.3, 0.4) is 0 Å². The summed E-state index contributed by atoms with van der Waals surface area (Å²) in [6, 6.07) is 0.483. The summed E-state index contributed by atoms with van der Waals surface area (Å²) in [5.41, 5.74) is 0. The molecule has 0 aromatic heterocycles. The van der Waals surface area contributed by atoms with E-state index in [4.69, 9.17) is 4.74 Å². The Morgan fingerprint density at radius 1 is 1.35 bits per heavy atom. The molecule has 1 aliphatic heterocycles. The summed E-state index contributed by atoms with van der Waals surface area (Å²) in [6.07, 6.45) is 4.02. The fourth-order valence-electron chi connectivity index (χ4n) is 2.29. The third-order valence-electron chi connectivity index (χ3n) is 3.59. The van der Waals surface area contributed by atoms with Gasteiger partial charge in [-0.1, -0.05) is 6.92 Å². The number of ether oxygens (including phenoxy) is 1. The molecular formula is C14H30N2O. The second-order valence-electron chi connectivity index (χ2n) is 5.39. The lowest BCUT2D eigenvalue weighted by Crippen LogP contribution is -2.36. The second kappa shape index (κ2) is 8.90. The van der Waals surface area contributed by atoms with E-state index in [1.54, 1.807) is 0 Å². The minimum absolute atomic E-state index is 0.483. The van der Waals surface area contributed by atoms with Crippen LogP contribution in [0.1, 0.15) is 40.0 Å². The molecule has 0 aromatic rings. The van der Waals surface area contributed by atoms with Gasteiger partial charge in [0.1, 0.15) is 0 Å². The van der Waals surface area contributed by atoms with Crippen molar-refractivity contribution in [2.75, 3.05) is 39.4 Å². The molecule has 1 atom stereocenters. The Labute approximate surface area is 107 Å². The van der Waals surface area contributed by atoms with Crippen LogP contribution in [0.4, 0.5) is 0 Å². The first-order valence-electron chi connectivity index (χ1n) is 7.25. The minimum Gasteiger partial charge on any atom is -0.380 e. The Hall–Kier alpha value is -0.120. The van der Waals surface area contributed by atoms with Gasteiger partial charge >= 0.3 is 0 Å². The molecule has 0 aromatic carbocycles. The number of hydrogen-bond donors (Lipinski definition) is 1. The molecule has 102 valence electrons. The van der Waals surface area contributed by atoms with E-state index in [-0.39, 0.29) is 0 Å². The smallest absolute Gasteiger partial charge is 0.0616 e. The van der Waals surface area contributed by atoms with Crippen LogP contribution in [0.2, 0.25) is 0 Å². The Kier molecular flexibility index (Phi) is 7.82. The Morgan fingerprint density at radius 2 is 2.06 bits per heavy atom. The van der Waals surface area contributed by atoms with E-state index in [9.17, 15) is 0 Å². The number of nitrogens with one attached hydrogen (secondary N) is 1. The van der Waals surface area contributed by atoms with Crippen LogP contribution in [-0.4, -0.2) is 50.3 Å². The standard InChI is InChI=1S/C14H30N2O/c1-4-17-12-14(3)15-8-5-9-16-10-6-13(2)7-11-16/h13-15H,4-12H2,1-3H3. The lowest BCUT2D eigenvalue weighted by atomic mass is 9.99. The van der Waals surface area contributed by atoms with Crippen molar-refractivity contribution in [1.29, 1.82) is 0 Å². The van der Waals surface area contributed by atoms with Crippen molar-refractivity contribution >= 4 is 0 Å². The number of hydrogen-bond acceptors (Lipinski definition) is 3. The maximum Gasteiger partial charge on any atom is 0.0616 e. The molecule has 3 heteroatoms. The predicted octanol–water partition coefficient (Wildman–Crippen LogP) is 2.12. The lowest BCUT2D eigenvalue weighted by molar-refractivity contribution is 0.126. The van der Waals surface area contributed by atoms with Crippen molar-refractivity contribution in [3.8, 4) is 0 Å².